The minimum Gasteiger partial charge on any atom is -0.509 e. The minimum absolute atomic E-state index is 0.00104. The highest BCUT2D eigenvalue weighted by molar-refractivity contribution is 6.07. The van der Waals surface area contributed by atoms with Crippen LogP contribution in [0.2, 0.25) is 0 Å². The summed E-state index contributed by atoms with van der Waals surface area (Å²) in [5.74, 6) is -1.48. The molecule has 1 fully saturated rings. The van der Waals surface area contributed by atoms with E-state index in [0.717, 1.165) is 44.1 Å². The maximum Gasteiger partial charge on any atom is 0.245 e. The third kappa shape index (κ3) is 6.63. The molecule has 2 aliphatic heterocycles. The first-order valence-electron chi connectivity index (χ1n) is 15.9. The molecule has 2 aliphatic carbocycles. The SMILES string of the molecule is C/C=C(\C)C(=O)C[C@H]1C[C@H](O)[C@@H](C)CCCC/C=C(\C)[C@H]2C=C[C@H]3C[C@@H](C)C[C@@H](C)[C@H]3[C@@H]2C(=O)C2C(=O)N1C=C2O. The average molecular weight is 566 g/mol. The number of amides is 1. The summed E-state index contributed by atoms with van der Waals surface area (Å²) in [6, 6.07) is -0.638. The Labute approximate surface area is 246 Å². The molecule has 6 heteroatoms. The van der Waals surface area contributed by atoms with Gasteiger partial charge in [0.25, 0.3) is 0 Å². The van der Waals surface area contributed by atoms with E-state index in [9.17, 15) is 24.6 Å². The van der Waals surface area contributed by atoms with Gasteiger partial charge in [-0.2, -0.15) is 0 Å². The molecular formula is C35H51NO5. The van der Waals surface area contributed by atoms with Crippen molar-refractivity contribution < 1.29 is 24.6 Å². The van der Waals surface area contributed by atoms with Crippen molar-refractivity contribution in [3.8, 4) is 0 Å². The Hall–Kier alpha value is -2.47. The molecule has 41 heavy (non-hydrogen) atoms. The van der Waals surface area contributed by atoms with E-state index in [4.69, 9.17) is 0 Å². The lowest BCUT2D eigenvalue weighted by atomic mass is 9.56. The molecule has 0 radical (unpaired) electrons. The summed E-state index contributed by atoms with van der Waals surface area (Å²) >= 11 is 0. The third-order valence-corrected chi connectivity index (χ3v) is 10.6. The predicted octanol–water partition coefficient (Wildman–Crippen LogP) is 6.72. The van der Waals surface area contributed by atoms with Crippen molar-refractivity contribution in [1.82, 2.24) is 4.90 Å². The normalized spacial score (nSPS) is 40.4. The van der Waals surface area contributed by atoms with Gasteiger partial charge >= 0.3 is 0 Å². The Morgan fingerprint density at radius 1 is 1.07 bits per heavy atom. The van der Waals surface area contributed by atoms with Crippen LogP contribution in [0.4, 0.5) is 0 Å². The van der Waals surface area contributed by atoms with Crippen LogP contribution in [-0.4, -0.2) is 44.7 Å². The summed E-state index contributed by atoms with van der Waals surface area (Å²) in [6.07, 6.45) is 15.2. The number of fused-ring (bicyclic) bond motifs is 5. The molecule has 1 unspecified atom stereocenters. The molecule has 1 amide bonds. The van der Waals surface area contributed by atoms with Gasteiger partial charge in [-0.25, -0.2) is 0 Å². The second kappa shape index (κ2) is 13.2. The summed E-state index contributed by atoms with van der Waals surface area (Å²) in [7, 11) is 0. The lowest BCUT2D eigenvalue weighted by Crippen LogP contribution is -2.48. The number of ketones is 2. The van der Waals surface area contributed by atoms with Crippen molar-refractivity contribution in [2.24, 2.45) is 47.3 Å². The second-order valence-corrected chi connectivity index (χ2v) is 13.6. The lowest BCUT2D eigenvalue weighted by molar-refractivity contribution is -0.142. The number of nitrogens with zero attached hydrogens (tertiary/aromatic N) is 1. The zero-order valence-electron chi connectivity index (χ0n) is 25.9. The van der Waals surface area contributed by atoms with Gasteiger partial charge in [0.1, 0.15) is 5.76 Å². The van der Waals surface area contributed by atoms with Gasteiger partial charge in [0, 0.05) is 30.5 Å². The van der Waals surface area contributed by atoms with Crippen molar-refractivity contribution in [2.75, 3.05) is 0 Å². The zero-order valence-corrected chi connectivity index (χ0v) is 25.9. The van der Waals surface area contributed by atoms with Gasteiger partial charge in [-0.15, -0.1) is 0 Å². The van der Waals surface area contributed by atoms with Gasteiger partial charge in [-0.3, -0.25) is 14.4 Å². The van der Waals surface area contributed by atoms with Crippen molar-refractivity contribution >= 4 is 17.5 Å². The van der Waals surface area contributed by atoms with E-state index in [0.29, 0.717) is 17.4 Å². The van der Waals surface area contributed by atoms with Crippen molar-refractivity contribution in [2.45, 2.75) is 105 Å². The summed E-state index contributed by atoms with van der Waals surface area (Å²) in [5, 5.41) is 22.3. The molecule has 0 spiro atoms. The largest absolute Gasteiger partial charge is 0.509 e. The fraction of sp³-hybridized carbons (Fsp3) is 0.686. The number of carbonyl (C=O) groups is 3. The van der Waals surface area contributed by atoms with Crippen LogP contribution in [0.1, 0.15) is 92.9 Å². The summed E-state index contributed by atoms with van der Waals surface area (Å²) in [5.41, 5.74) is 1.75. The highest BCUT2D eigenvalue weighted by Gasteiger charge is 2.52. The van der Waals surface area contributed by atoms with Gasteiger partial charge in [-0.1, -0.05) is 57.1 Å². The Kier molecular flexibility index (Phi) is 10.2. The van der Waals surface area contributed by atoms with Gasteiger partial charge < -0.3 is 15.1 Å². The lowest BCUT2D eigenvalue weighted by Gasteiger charge is -2.47. The Balaban J connectivity index is 1.75. The number of Topliss-reactive ketones (excluding diaryl/α,β-unsaturated/α-hetero) is 2. The molecule has 1 saturated carbocycles. The van der Waals surface area contributed by atoms with Crippen LogP contribution in [0.5, 0.6) is 0 Å². The van der Waals surface area contributed by atoms with Crippen molar-refractivity contribution in [3.05, 3.63) is 47.4 Å². The van der Waals surface area contributed by atoms with Crippen LogP contribution >= 0.6 is 0 Å². The van der Waals surface area contributed by atoms with Crippen molar-refractivity contribution in [1.29, 1.82) is 0 Å². The predicted molar refractivity (Wildman–Crippen MR) is 162 cm³/mol. The molecule has 2 N–H and O–H groups in total. The van der Waals surface area contributed by atoms with Crippen LogP contribution in [0.15, 0.2) is 47.4 Å². The number of allylic oxidation sites excluding steroid dienone is 6. The number of hydrogen-bond donors (Lipinski definition) is 2. The van der Waals surface area contributed by atoms with Crippen LogP contribution in [0, 0.1) is 47.3 Å². The number of rotatable bonds is 3. The molecule has 0 aromatic carbocycles. The first-order chi connectivity index (χ1) is 19.4. The van der Waals surface area contributed by atoms with Crippen LogP contribution in [0.3, 0.4) is 0 Å². The molecule has 4 rings (SSSR count). The molecule has 4 aliphatic rings. The minimum atomic E-state index is -1.27. The first kappa shape index (κ1) is 31.5. The molecular weight excluding hydrogens is 514 g/mol. The topological polar surface area (TPSA) is 94.9 Å². The molecule has 226 valence electrons. The van der Waals surface area contributed by atoms with E-state index >= 15 is 0 Å². The van der Waals surface area contributed by atoms with E-state index in [1.807, 2.05) is 6.92 Å². The standard InChI is InChI=1S/C35H51NO5/c1-7-21(3)28(37)17-26-18-29(38)23(5)12-10-8-9-11-22(4)27-14-13-25-16-20(2)15-24(6)31(25)32(27)34(40)33-30(39)19-36(26)35(33)41/h7,11,13-14,19-20,23-27,29,31-33,38-39H,8-10,12,15-18H2,1-6H3/b21-7+,22-11+/t20-,23-,24+,25-,26-,27+,29-,31+,32+,33?/m0/s1. The van der Waals surface area contributed by atoms with Crippen LogP contribution in [-0.2, 0) is 14.4 Å². The number of aliphatic hydroxyl groups excluding tert-OH is 2. The molecule has 2 heterocycles. The number of aliphatic hydroxyl groups is 2. The van der Waals surface area contributed by atoms with Crippen molar-refractivity contribution in [3.63, 3.8) is 0 Å². The van der Waals surface area contributed by atoms with Gasteiger partial charge in [0.2, 0.25) is 5.91 Å². The second-order valence-electron chi connectivity index (χ2n) is 13.6. The maximum atomic E-state index is 14.5. The fourth-order valence-corrected chi connectivity index (χ4v) is 8.09. The van der Waals surface area contributed by atoms with E-state index < -0.39 is 29.9 Å². The van der Waals surface area contributed by atoms with Crippen LogP contribution < -0.4 is 0 Å². The molecule has 0 aromatic rings. The zero-order chi connectivity index (χ0) is 30.0. The van der Waals surface area contributed by atoms with Gasteiger partial charge in [0.15, 0.2) is 17.5 Å². The third-order valence-electron chi connectivity index (χ3n) is 10.6. The number of carbonyl (C=O) groups excluding carboxylic acids is 3. The molecule has 0 aromatic heterocycles. The molecule has 6 nitrogen and oxygen atoms in total. The van der Waals surface area contributed by atoms with E-state index in [1.54, 1.807) is 19.9 Å². The van der Waals surface area contributed by atoms with Crippen LogP contribution in [0.25, 0.3) is 0 Å². The molecule has 2 bridgehead atoms. The van der Waals surface area contributed by atoms with E-state index in [-0.39, 0.29) is 53.8 Å². The fourth-order valence-electron chi connectivity index (χ4n) is 8.09. The first-order valence-corrected chi connectivity index (χ1v) is 15.9. The summed E-state index contributed by atoms with van der Waals surface area (Å²) < 4.78 is 0. The Morgan fingerprint density at radius 2 is 1.80 bits per heavy atom. The highest BCUT2D eigenvalue weighted by Crippen LogP contribution is 2.51. The van der Waals surface area contributed by atoms with Gasteiger partial charge in [-0.05, 0) is 94.5 Å². The highest BCUT2D eigenvalue weighted by atomic mass is 16.3. The maximum absolute atomic E-state index is 14.5. The van der Waals surface area contributed by atoms with E-state index in [1.165, 1.54) is 11.1 Å². The number of hydrogen-bond acceptors (Lipinski definition) is 5. The Bertz CT molecular complexity index is 1130. The summed E-state index contributed by atoms with van der Waals surface area (Å²) in [6.45, 7) is 12.2. The Morgan fingerprint density at radius 3 is 2.51 bits per heavy atom. The monoisotopic (exact) mass is 565 g/mol. The van der Waals surface area contributed by atoms with Gasteiger partial charge in [0.05, 0.1) is 6.10 Å². The molecule has 10 atom stereocenters. The van der Waals surface area contributed by atoms with E-state index in [2.05, 4.69) is 39.0 Å². The quantitative estimate of drug-likeness (QED) is 0.225. The molecule has 0 saturated heterocycles. The summed E-state index contributed by atoms with van der Waals surface area (Å²) in [4.78, 5) is 43.0. The smallest absolute Gasteiger partial charge is 0.245 e. The average Bonchev–Trinajstić information content (AvgIpc) is 3.23.